The van der Waals surface area contributed by atoms with E-state index in [0.29, 0.717) is 35.5 Å². The van der Waals surface area contributed by atoms with Gasteiger partial charge in [0.15, 0.2) is 0 Å². The standard InChI is InChI=1S/C13H20N2O2S/c1-10-6-11(2)9-15(8-10)18(16,17)13-5-3-4-12(14)7-13/h3-5,7,10-11H,6,8-9,14H2,1-2H3/t10-,11-/m0/s1. The van der Waals surface area contributed by atoms with Gasteiger partial charge in [-0.2, -0.15) is 4.31 Å². The lowest BCUT2D eigenvalue weighted by Crippen LogP contribution is -2.42. The van der Waals surface area contributed by atoms with Crippen LogP contribution >= 0.6 is 0 Å². The van der Waals surface area contributed by atoms with Gasteiger partial charge < -0.3 is 5.73 Å². The molecule has 1 aromatic carbocycles. The maximum Gasteiger partial charge on any atom is 0.243 e. The minimum absolute atomic E-state index is 0.295. The molecule has 18 heavy (non-hydrogen) atoms. The first-order valence-corrected chi connectivity index (χ1v) is 7.69. The molecule has 2 rings (SSSR count). The van der Waals surface area contributed by atoms with Crippen LogP contribution in [0.5, 0.6) is 0 Å². The van der Waals surface area contributed by atoms with Gasteiger partial charge in [0.2, 0.25) is 10.0 Å². The fourth-order valence-corrected chi connectivity index (χ4v) is 4.36. The normalized spacial score (nSPS) is 26.1. The van der Waals surface area contributed by atoms with Crippen LogP contribution in [0.25, 0.3) is 0 Å². The Kier molecular flexibility index (Phi) is 3.64. The predicted molar refractivity (Wildman–Crippen MR) is 72.6 cm³/mol. The first kappa shape index (κ1) is 13.4. The summed E-state index contributed by atoms with van der Waals surface area (Å²) in [7, 11) is -3.40. The molecule has 1 fully saturated rings. The first-order valence-electron chi connectivity index (χ1n) is 6.25. The molecule has 0 radical (unpaired) electrons. The summed E-state index contributed by atoms with van der Waals surface area (Å²) < 4.78 is 26.6. The van der Waals surface area contributed by atoms with Crippen LogP contribution in [-0.4, -0.2) is 25.8 Å². The quantitative estimate of drug-likeness (QED) is 0.834. The summed E-state index contributed by atoms with van der Waals surface area (Å²) in [6.45, 7) is 5.39. The number of hydrogen-bond donors (Lipinski definition) is 1. The smallest absolute Gasteiger partial charge is 0.243 e. The highest BCUT2D eigenvalue weighted by Gasteiger charge is 2.31. The lowest BCUT2D eigenvalue weighted by Gasteiger charge is -2.34. The molecular formula is C13H20N2O2S. The van der Waals surface area contributed by atoms with Gasteiger partial charge in [0.05, 0.1) is 4.90 Å². The van der Waals surface area contributed by atoms with Gasteiger partial charge in [0.25, 0.3) is 0 Å². The molecule has 0 aliphatic carbocycles. The van der Waals surface area contributed by atoms with Crippen molar-refractivity contribution in [3.63, 3.8) is 0 Å². The van der Waals surface area contributed by atoms with Gasteiger partial charge in [-0.3, -0.25) is 0 Å². The summed E-state index contributed by atoms with van der Waals surface area (Å²) >= 11 is 0. The van der Waals surface area contributed by atoms with Gasteiger partial charge >= 0.3 is 0 Å². The third kappa shape index (κ3) is 2.67. The largest absolute Gasteiger partial charge is 0.399 e. The van der Waals surface area contributed by atoms with Crippen LogP contribution in [0.3, 0.4) is 0 Å². The number of piperidine rings is 1. The average molecular weight is 268 g/mol. The van der Waals surface area contributed by atoms with Crippen LogP contribution in [-0.2, 0) is 10.0 Å². The number of benzene rings is 1. The molecule has 2 N–H and O–H groups in total. The van der Waals surface area contributed by atoms with E-state index in [1.807, 2.05) is 0 Å². The number of nitrogens with zero attached hydrogens (tertiary/aromatic N) is 1. The number of nitrogen functional groups attached to an aromatic ring is 1. The second-order valence-corrected chi connectivity index (χ2v) is 7.28. The molecule has 5 heteroatoms. The SMILES string of the molecule is C[C@H]1C[C@H](C)CN(S(=O)(=O)c2cccc(N)c2)C1. The molecule has 2 atom stereocenters. The van der Waals surface area contributed by atoms with E-state index in [2.05, 4.69) is 13.8 Å². The van der Waals surface area contributed by atoms with E-state index in [-0.39, 0.29) is 0 Å². The molecule has 1 saturated heterocycles. The Morgan fingerprint density at radius 1 is 1.22 bits per heavy atom. The van der Waals surface area contributed by atoms with Crippen molar-refractivity contribution in [1.82, 2.24) is 4.31 Å². The Hall–Kier alpha value is -1.07. The molecule has 0 amide bonds. The molecule has 1 aromatic rings. The van der Waals surface area contributed by atoms with Crippen LogP contribution in [0.15, 0.2) is 29.2 Å². The maximum absolute atomic E-state index is 12.5. The fraction of sp³-hybridized carbons (Fsp3) is 0.538. The maximum atomic E-state index is 12.5. The zero-order chi connectivity index (χ0) is 13.3. The lowest BCUT2D eigenvalue weighted by molar-refractivity contribution is 0.222. The van der Waals surface area contributed by atoms with E-state index in [9.17, 15) is 8.42 Å². The van der Waals surface area contributed by atoms with E-state index in [1.165, 1.54) is 6.07 Å². The third-order valence-electron chi connectivity index (χ3n) is 3.33. The molecule has 0 saturated carbocycles. The van der Waals surface area contributed by atoms with Gasteiger partial charge in [-0.25, -0.2) is 8.42 Å². The van der Waals surface area contributed by atoms with Crippen molar-refractivity contribution in [3.05, 3.63) is 24.3 Å². The summed E-state index contributed by atoms with van der Waals surface area (Å²) in [6.07, 6.45) is 1.09. The highest BCUT2D eigenvalue weighted by Crippen LogP contribution is 2.27. The zero-order valence-corrected chi connectivity index (χ0v) is 11.7. The second kappa shape index (κ2) is 4.90. The number of hydrogen-bond acceptors (Lipinski definition) is 3. The van der Waals surface area contributed by atoms with Gasteiger partial charge in [0, 0.05) is 18.8 Å². The van der Waals surface area contributed by atoms with E-state index in [0.717, 1.165) is 6.42 Å². The molecule has 0 bridgehead atoms. The molecule has 4 nitrogen and oxygen atoms in total. The van der Waals surface area contributed by atoms with Crippen LogP contribution < -0.4 is 5.73 Å². The number of anilines is 1. The van der Waals surface area contributed by atoms with Crippen LogP contribution in [0.4, 0.5) is 5.69 Å². The molecule has 1 aliphatic rings. The lowest BCUT2D eigenvalue weighted by atomic mass is 9.94. The second-order valence-electron chi connectivity index (χ2n) is 5.34. The molecule has 0 unspecified atom stereocenters. The highest BCUT2D eigenvalue weighted by molar-refractivity contribution is 7.89. The summed E-state index contributed by atoms with van der Waals surface area (Å²) in [5, 5.41) is 0. The van der Waals surface area contributed by atoms with Crippen molar-refractivity contribution < 1.29 is 8.42 Å². The Bertz CT molecular complexity index is 518. The van der Waals surface area contributed by atoms with Crippen molar-refractivity contribution in [3.8, 4) is 0 Å². The minimum Gasteiger partial charge on any atom is -0.399 e. The molecule has 100 valence electrons. The Balaban J connectivity index is 2.31. The van der Waals surface area contributed by atoms with Crippen molar-refractivity contribution in [2.24, 2.45) is 11.8 Å². The number of sulfonamides is 1. The monoisotopic (exact) mass is 268 g/mol. The Morgan fingerprint density at radius 3 is 2.39 bits per heavy atom. The van der Waals surface area contributed by atoms with E-state index in [1.54, 1.807) is 22.5 Å². The van der Waals surface area contributed by atoms with Crippen LogP contribution in [0, 0.1) is 11.8 Å². The molecule has 0 aromatic heterocycles. The topological polar surface area (TPSA) is 63.4 Å². The van der Waals surface area contributed by atoms with Crippen molar-refractivity contribution in [2.75, 3.05) is 18.8 Å². The molecule has 0 spiro atoms. The van der Waals surface area contributed by atoms with E-state index < -0.39 is 10.0 Å². The van der Waals surface area contributed by atoms with Crippen LogP contribution in [0.1, 0.15) is 20.3 Å². The van der Waals surface area contributed by atoms with Crippen molar-refractivity contribution >= 4 is 15.7 Å². The molecular weight excluding hydrogens is 248 g/mol. The zero-order valence-electron chi connectivity index (χ0n) is 10.8. The number of rotatable bonds is 2. The summed E-state index contributed by atoms with van der Waals surface area (Å²) in [5.74, 6) is 0.814. The summed E-state index contributed by atoms with van der Waals surface area (Å²) in [4.78, 5) is 0.295. The van der Waals surface area contributed by atoms with Gasteiger partial charge in [-0.1, -0.05) is 19.9 Å². The van der Waals surface area contributed by atoms with Crippen molar-refractivity contribution in [1.29, 1.82) is 0 Å². The summed E-state index contributed by atoms with van der Waals surface area (Å²) in [6, 6.07) is 6.51. The molecule has 1 aliphatic heterocycles. The van der Waals surface area contributed by atoms with Gasteiger partial charge in [-0.05, 0) is 36.5 Å². The Morgan fingerprint density at radius 2 is 1.83 bits per heavy atom. The van der Waals surface area contributed by atoms with Crippen LogP contribution in [0.2, 0.25) is 0 Å². The van der Waals surface area contributed by atoms with Gasteiger partial charge in [0.1, 0.15) is 0 Å². The predicted octanol–water partition coefficient (Wildman–Crippen LogP) is 1.94. The average Bonchev–Trinajstić information content (AvgIpc) is 2.27. The third-order valence-corrected chi connectivity index (χ3v) is 5.16. The Labute approximate surface area is 109 Å². The van der Waals surface area contributed by atoms with Crippen molar-refractivity contribution in [2.45, 2.75) is 25.2 Å². The number of nitrogens with two attached hydrogens (primary N) is 1. The highest BCUT2D eigenvalue weighted by atomic mass is 32.2. The first-order chi connectivity index (χ1) is 8.39. The van der Waals surface area contributed by atoms with E-state index >= 15 is 0 Å². The fourth-order valence-electron chi connectivity index (χ4n) is 2.63. The summed E-state index contributed by atoms with van der Waals surface area (Å²) in [5.41, 5.74) is 6.14. The van der Waals surface area contributed by atoms with Gasteiger partial charge in [-0.15, -0.1) is 0 Å². The minimum atomic E-state index is -3.40. The van der Waals surface area contributed by atoms with E-state index in [4.69, 9.17) is 5.73 Å². The molecule has 1 heterocycles.